The van der Waals surface area contributed by atoms with Crippen molar-refractivity contribution in [3.05, 3.63) is 179 Å². The van der Waals surface area contributed by atoms with Crippen LogP contribution in [0, 0.1) is 6.92 Å². The number of benzene rings is 7. The number of sulfonamides is 7. The molecule has 2 aliphatic rings. The molecule has 2 atom stereocenters. The smallest absolute Gasteiger partial charge is 0.267 e. The Morgan fingerprint density at radius 1 is 0.585 bits per heavy atom. The molecule has 12 rings (SSSR count). The van der Waals surface area contributed by atoms with Gasteiger partial charge >= 0.3 is 0 Å². The summed E-state index contributed by atoms with van der Waals surface area (Å²) in [5.41, 5.74) is 0.325. The quantitative estimate of drug-likeness (QED) is 0.00976. The molecule has 7 aromatic carbocycles. The van der Waals surface area contributed by atoms with Crippen molar-refractivity contribution in [1.82, 2.24) is 34.6 Å². The summed E-state index contributed by atoms with van der Waals surface area (Å²) in [4.78, 5) is 62.0. The molecule has 0 bridgehead atoms. The van der Waals surface area contributed by atoms with Crippen molar-refractivity contribution >= 4 is 267 Å². The molecular weight excluding hydrogens is 2220 g/mol. The van der Waals surface area contributed by atoms with Crippen LogP contribution in [-0.4, -0.2) is 143 Å². The molecule has 3 aromatic heterocycles. The molecule has 1 saturated heterocycles. The number of aromatic nitrogens is 5. The zero-order chi connectivity index (χ0) is 102. The summed E-state index contributed by atoms with van der Waals surface area (Å²) in [6.45, 7) is 9.42. The summed E-state index contributed by atoms with van der Waals surface area (Å²) in [7, 11) is -23.5. The van der Waals surface area contributed by atoms with E-state index >= 15 is 0 Å². The maximum Gasteiger partial charge on any atom is 0.267 e. The number of carbonyl (C=O) groups is 3. The Bertz CT molecular complexity index is 6790. The van der Waals surface area contributed by atoms with Gasteiger partial charge in [-0.25, -0.2) is 99.4 Å². The van der Waals surface area contributed by atoms with Crippen LogP contribution in [0.25, 0.3) is 10.2 Å². The zero-order valence-electron chi connectivity index (χ0n) is 69.2. The number of aliphatic hydroxyl groups is 1. The molecule has 5 heterocycles. The van der Waals surface area contributed by atoms with E-state index in [-0.39, 0.29) is 75.8 Å². The van der Waals surface area contributed by atoms with Crippen molar-refractivity contribution in [3.8, 4) is 5.75 Å². The molecular formula is C64H76Cl6N20O30S15. The van der Waals surface area contributed by atoms with E-state index in [0.29, 0.717) is 134 Å². The van der Waals surface area contributed by atoms with Gasteiger partial charge in [-0.1, -0.05) is 117 Å². The van der Waals surface area contributed by atoms with Gasteiger partial charge in [0.25, 0.3) is 36.0 Å². The van der Waals surface area contributed by atoms with Crippen LogP contribution in [0.15, 0.2) is 183 Å². The zero-order valence-corrected chi connectivity index (χ0v) is 86.0. The third-order valence-electron chi connectivity index (χ3n) is 15.6. The van der Waals surface area contributed by atoms with Gasteiger partial charge in [-0.3, -0.25) is 14.4 Å². The van der Waals surface area contributed by atoms with Gasteiger partial charge in [-0.15, -0.1) is 73.2 Å². The summed E-state index contributed by atoms with van der Waals surface area (Å²) in [5.74, 6) is 23.1. The number of hydrogen-bond acceptors (Lipinski definition) is 47. The van der Waals surface area contributed by atoms with Crippen molar-refractivity contribution in [2.24, 2.45) is 72.4 Å². The van der Waals surface area contributed by atoms with E-state index in [9.17, 15) is 78.4 Å². The fourth-order valence-corrected chi connectivity index (χ4v) is 21.8. The maximum absolute atomic E-state index is 12.7. The second-order valence-corrected chi connectivity index (χ2v) is 46.5. The summed E-state index contributed by atoms with van der Waals surface area (Å²) in [6, 6.07) is 30.2. The lowest BCUT2D eigenvalue weighted by Crippen LogP contribution is -2.41. The number of amides is 3. The van der Waals surface area contributed by atoms with Crippen molar-refractivity contribution < 1.29 is 134 Å². The van der Waals surface area contributed by atoms with Crippen LogP contribution in [0.3, 0.4) is 0 Å². The molecule has 2 aliphatic heterocycles. The van der Waals surface area contributed by atoms with Crippen LogP contribution >= 0.6 is 164 Å². The van der Waals surface area contributed by atoms with Crippen molar-refractivity contribution in [2.75, 3.05) is 32.1 Å². The van der Waals surface area contributed by atoms with Gasteiger partial charge in [0.15, 0.2) is 5.72 Å². The molecule has 71 heteroatoms. The van der Waals surface area contributed by atoms with Crippen LogP contribution in [0.5, 0.6) is 5.75 Å². The lowest BCUT2D eigenvalue weighted by molar-refractivity contribution is -0.195. The number of likely N-dealkylation sites (N-methyl/N-ethyl adjacent to an activating group) is 1. The number of aryl methyl sites for hydroxylation is 2. The average molecular weight is 2300 g/mol. The Balaban J connectivity index is 0.000000275. The van der Waals surface area contributed by atoms with Gasteiger partial charge in [-0.2, -0.15) is 38.8 Å². The molecule has 0 saturated carbocycles. The second-order valence-electron chi connectivity index (χ2n) is 25.5. The van der Waals surface area contributed by atoms with E-state index in [2.05, 4.69) is 100 Å². The maximum atomic E-state index is 12.7. The van der Waals surface area contributed by atoms with Crippen LogP contribution < -0.4 is 80.5 Å². The van der Waals surface area contributed by atoms with Gasteiger partial charge in [0, 0.05) is 57.8 Å². The third-order valence-corrected chi connectivity index (χ3v) is 33.0. The van der Waals surface area contributed by atoms with Crippen LogP contribution in [0.2, 0.25) is 30.1 Å². The number of anilines is 1. The minimum Gasteiger partial charge on any atom is -0.494 e. The topological polar surface area (TPSA) is 804 Å². The number of ether oxygens (including phenoxy) is 2. The Kier molecular flexibility index (Phi) is 47.5. The van der Waals surface area contributed by atoms with Gasteiger partial charge in [-0.05, 0) is 136 Å². The van der Waals surface area contributed by atoms with E-state index in [1.54, 1.807) is 67.6 Å². The predicted molar refractivity (Wildman–Crippen MR) is 499 cm³/mol. The number of nitrogens with two attached hydrogens (primary N) is 11. The Labute approximate surface area is 832 Å². The number of nitrogens with one attached hydrogen (secondary N) is 2. The first-order chi connectivity index (χ1) is 62.7. The lowest BCUT2D eigenvalue weighted by atomic mass is 9.94. The van der Waals surface area contributed by atoms with E-state index in [1.165, 1.54) is 91.5 Å². The van der Waals surface area contributed by atoms with E-state index in [0.717, 1.165) is 70.4 Å². The van der Waals surface area contributed by atoms with Crippen LogP contribution in [0.4, 0.5) is 5.13 Å². The molecule has 50 nitrogen and oxygen atoms in total. The van der Waals surface area contributed by atoms with Crippen molar-refractivity contribution in [1.29, 1.82) is 0 Å². The highest BCUT2D eigenvalue weighted by Crippen LogP contribution is 2.41. The molecule has 135 heavy (non-hydrogen) atoms. The fraction of sp³-hybridized carbons (Fsp3) is 0.219. The lowest BCUT2D eigenvalue weighted by Gasteiger charge is -2.28. The number of primary sulfonamides is 6. The summed E-state index contributed by atoms with van der Waals surface area (Å²) >= 11 is 41.1. The number of thiazole rings is 1. The first-order valence-electron chi connectivity index (χ1n) is 35.1. The Morgan fingerprint density at radius 2 is 1.08 bits per heavy atom. The first-order valence-corrected chi connectivity index (χ1v) is 54.2. The highest BCUT2D eigenvalue weighted by molar-refractivity contribution is 7.96. The van der Waals surface area contributed by atoms with E-state index in [4.69, 9.17) is 122 Å². The van der Waals surface area contributed by atoms with Gasteiger partial charge in [0.2, 0.25) is 74.9 Å². The molecule has 2 unspecified atom stereocenters. The minimum absolute atomic E-state index is 0.0244. The predicted octanol–water partition coefficient (Wildman–Crippen LogP) is 6.94. The molecule has 10 aromatic rings. The fourth-order valence-electron chi connectivity index (χ4n) is 9.96. The monoisotopic (exact) mass is 2290 g/mol. The highest BCUT2D eigenvalue weighted by Gasteiger charge is 2.43. The van der Waals surface area contributed by atoms with Crippen molar-refractivity contribution in [3.63, 3.8) is 0 Å². The number of halogens is 6. The number of rotatable bonds is 29. The molecule has 1 fully saturated rings. The Hall–Kier alpha value is -6.06. The second kappa shape index (κ2) is 53.7. The summed E-state index contributed by atoms with van der Waals surface area (Å²) < 4.78 is 193. The van der Waals surface area contributed by atoms with E-state index < -0.39 is 87.4 Å². The number of hydrogen-bond donors (Lipinski definition) is 14. The van der Waals surface area contributed by atoms with E-state index in [1.807, 2.05) is 13.8 Å². The normalized spacial score (nSPS) is 14.9. The molecule has 25 N–H and O–H groups in total. The van der Waals surface area contributed by atoms with Crippen LogP contribution in [-0.2, 0) is 144 Å². The van der Waals surface area contributed by atoms with Gasteiger partial charge in [0.05, 0.1) is 157 Å². The average Bonchev–Trinajstić information content (AvgIpc) is 1.60. The highest BCUT2D eigenvalue weighted by atomic mass is 35.5. The van der Waals surface area contributed by atoms with Crippen molar-refractivity contribution in [2.45, 2.75) is 116 Å². The standard InChI is InChI=1S/C14H11ClN2O4S.C13H19ClN2O5S2.C9H10N2O3S2.C7H9ClN2O4S2.C6H6Cl2N2O4S2.C6H7ClN2O4S2.C5H8N4O3S2.C4H6N4O3S2/c15-11-6-5-8(7-12(11)22-21-20-16)14(19)10-4-2-1-3-9(10)13(18)17-14;1-13(6-3-7-19-13)9-16(2)23(17,18)10-4-5-11(14)12(8-10)22-21-20-15;1-2-14-6-3-4-7-8(5-6)15-9(11-7)16(10,12)13;1-4-2-5(8)6(15-14-13-9)3-7(4)16(10,11)12;7-4-1-3(16(10,11)12)2-5(6(4)8)15-14-13-9;7-5-2-1-4(15(9,10)11)3-6(5)14-13-12-8;1-3(10)7-4-9(2)8-5(13-4)14(6,11)12;1-2(9)6-3-7-8-4(12-3)13(5,10)11/h1-7,19H,16H2,(H,17,18);4-5,8H,3,6-7,9,15H2,1-2H3;3-5H,2H2,1H3,(H2,10,12,13);2-3H,9H2,1H3,(H2,10,11,12);1-2H,9H2,(H2,10,11,12);1-3H,8H2,(H2,9,10,11);1-2H3,(H2,6,11,12);1H3,(H2,5,10,11)(H,6,7,9). The SMILES string of the molecule is CC(=O)N=c1sc(S(N)(=O)=O)nn1C.CC(=O)Nc1nnc(S(N)(=O)=O)s1.CCOc1ccc2nc(S(N)(=O)=O)sc2c1.CN(CC1(C)CCCO1)S(=O)(=O)c1ccc(Cl)c(SOON)c1.Cc1cc(Cl)c(SOON)cc1S(N)(=O)=O.NOOSc1cc(C2(O)NC(=O)c3ccccc32)ccc1Cl.NOOSc1cc(S(N)(=O)=O)cc(Cl)c1Cl.NOOSc1cc(S(N)(=O)=O)ccc1Cl. The molecule has 0 radical (unpaired) electrons. The van der Waals surface area contributed by atoms with Crippen LogP contribution in [0.1, 0.15) is 67.6 Å². The molecule has 0 aliphatic carbocycles. The third kappa shape index (κ3) is 37.7. The number of fused-ring (bicyclic) bond motifs is 2. The molecule has 0 spiro atoms. The molecule has 3 amide bonds. The number of nitrogens with zero attached hydrogens (tertiary/aromatic N) is 7. The summed E-state index contributed by atoms with van der Waals surface area (Å²) in [6.07, 6.45) is 1.76. The van der Waals surface area contributed by atoms with Gasteiger partial charge < -0.3 is 25.2 Å². The van der Waals surface area contributed by atoms with Gasteiger partial charge in [0.1, 0.15) is 5.75 Å². The molecule has 744 valence electrons. The Morgan fingerprint density at radius 3 is 1.56 bits per heavy atom. The first kappa shape index (κ1) is 119. The summed E-state index contributed by atoms with van der Waals surface area (Å²) in [5, 5.41) is 57.2. The largest absolute Gasteiger partial charge is 0.494 e. The minimum atomic E-state index is -3.87. The number of carbonyl (C=O) groups excluding carboxylic acids is 3.